The number of thiazole rings is 1. The lowest BCUT2D eigenvalue weighted by atomic mass is 10.2. The Kier molecular flexibility index (Phi) is 2.87. The quantitative estimate of drug-likeness (QED) is 0.741. The predicted octanol–water partition coefficient (Wildman–Crippen LogP) is 2.37. The van der Waals surface area contributed by atoms with Gasteiger partial charge >= 0.3 is 0 Å². The van der Waals surface area contributed by atoms with Crippen LogP contribution in [0.25, 0.3) is 10.2 Å². The standard InChI is InChI=1S/C13H17N3OS/c1-7-16-11-5-10(9(14)4-13(11)18-7)15-6-12(17)8-2-3-8/h4-5,8,12,15,17H,2-3,6,14H2,1H3. The molecule has 1 atom stereocenters. The number of aryl methyl sites for hydroxylation is 1. The molecule has 1 aliphatic rings. The maximum Gasteiger partial charge on any atom is 0.0907 e. The van der Waals surface area contributed by atoms with Gasteiger partial charge in [-0.05, 0) is 37.8 Å². The number of fused-ring (bicyclic) bond motifs is 1. The Bertz CT molecular complexity index is 577. The molecule has 0 aliphatic heterocycles. The molecular formula is C13H17N3OS. The zero-order valence-electron chi connectivity index (χ0n) is 10.3. The minimum Gasteiger partial charge on any atom is -0.397 e. The molecule has 3 rings (SSSR count). The van der Waals surface area contributed by atoms with E-state index in [9.17, 15) is 5.11 Å². The first-order valence-corrected chi connectivity index (χ1v) is 7.04. The topological polar surface area (TPSA) is 71.2 Å². The number of nitrogens with zero attached hydrogens (tertiary/aromatic N) is 1. The number of nitrogens with two attached hydrogens (primary N) is 1. The molecule has 1 heterocycles. The van der Waals surface area contributed by atoms with Crippen LogP contribution >= 0.6 is 11.3 Å². The monoisotopic (exact) mass is 263 g/mol. The van der Waals surface area contributed by atoms with Crippen molar-refractivity contribution in [1.29, 1.82) is 0 Å². The van der Waals surface area contributed by atoms with Crippen LogP contribution in [0.5, 0.6) is 0 Å². The summed E-state index contributed by atoms with van der Waals surface area (Å²) in [7, 11) is 0. The van der Waals surface area contributed by atoms with Gasteiger partial charge in [0.15, 0.2) is 0 Å². The molecule has 18 heavy (non-hydrogen) atoms. The highest BCUT2D eigenvalue weighted by Crippen LogP contribution is 2.33. The highest BCUT2D eigenvalue weighted by atomic mass is 32.1. The van der Waals surface area contributed by atoms with Crippen molar-refractivity contribution < 1.29 is 5.11 Å². The van der Waals surface area contributed by atoms with E-state index in [-0.39, 0.29) is 6.10 Å². The van der Waals surface area contributed by atoms with Crippen LogP contribution in [0.2, 0.25) is 0 Å². The predicted molar refractivity (Wildman–Crippen MR) is 76.0 cm³/mol. The molecule has 1 aliphatic carbocycles. The summed E-state index contributed by atoms with van der Waals surface area (Å²) in [5.41, 5.74) is 8.56. The summed E-state index contributed by atoms with van der Waals surface area (Å²) in [5.74, 6) is 0.476. The van der Waals surface area contributed by atoms with Crippen LogP contribution in [0.3, 0.4) is 0 Å². The van der Waals surface area contributed by atoms with E-state index in [2.05, 4.69) is 10.3 Å². The lowest BCUT2D eigenvalue weighted by Gasteiger charge is -2.13. The van der Waals surface area contributed by atoms with Gasteiger partial charge in [0.2, 0.25) is 0 Å². The highest BCUT2D eigenvalue weighted by molar-refractivity contribution is 7.18. The van der Waals surface area contributed by atoms with Gasteiger partial charge in [0.25, 0.3) is 0 Å². The van der Waals surface area contributed by atoms with Gasteiger partial charge in [0, 0.05) is 6.54 Å². The van der Waals surface area contributed by atoms with Crippen LogP contribution in [0, 0.1) is 12.8 Å². The Morgan fingerprint density at radius 1 is 1.56 bits per heavy atom. The number of nitrogens with one attached hydrogen (secondary N) is 1. The SMILES string of the molecule is Cc1nc2cc(NCC(O)C3CC3)c(N)cc2s1. The van der Waals surface area contributed by atoms with Crippen molar-refractivity contribution in [2.45, 2.75) is 25.9 Å². The van der Waals surface area contributed by atoms with Gasteiger partial charge in [-0.3, -0.25) is 0 Å². The molecule has 0 spiro atoms. The molecule has 1 unspecified atom stereocenters. The fourth-order valence-corrected chi connectivity index (χ4v) is 2.98. The second-order valence-corrected chi connectivity index (χ2v) is 6.16. The molecule has 1 fully saturated rings. The second kappa shape index (κ2) is 4.40. The van der Waals surface area contributed by atoms with Crippen LogP contribution in [0.4, 0.5) is 11.4 Å². The number of anilines is 2. The average molecular weight is 263 g/mol. The van der Waals surface area contributed by atoms with Gasteiger partial charge in [-0.1, -0.05) is 0 Å². The summed E-state index contributed by atoms with van der Waals surface area (Å²) in [5, 5.41) is 14.1. The number of rotatable bonds is 4. The van der Waals surface area contributed by atoms with Crippen LogP contribution in [-0.2, 0) is 0 Å². The third-order valence-corrected chi connectivity index (χ3v) is 4.27. The number of aromatic nitrogens is 1. The molecule has 0 bridgehead atoms. The minimum absolute atomic E-state index is 0.266. The van der Waals surface area contributed by atoms with Crippen molar-refractivity contribution in [3.05, 3.63) is 17.1 Å². The van der Waals surface area contributed by atoms with Gasteiger partial charge in [-0.25, -0.2) is 4.98 Å². The molecule has 4 nitrogen and oxygen atoms in total. The zero-order valence-corrected chi connectivity index (χ0v) is 11.1. The Morgan fingerprint density at radius 3 is 3.06 bits per heavy atom. The highest BCUT2D eigenvalue weighted by Gasteiger charge is 2.29. The van der Waals surface area contributed by atoms with E-state index in [1.54, 1.807) is 11.3 Å². The number of nitrogen functional groups attached to an aromatic ring is 1. The molecule has 0 saturated heterocycles. The van der Waals surface area contributed by atoms with E-state index < -0.39 is 0 Å². The average Bonchev–Trinajstić information content (AvgIpc) is 3.09. The van der Waals surface area contributed by atoms with Crippen LogP contribution in [0.15, 0.2) is 12.1 Å². The third kappa shape index (κ3) is 2.28. The molecule has 1 saturated carbocycles. The van der Waals surface area contributed by atoms with Crippen molar-refractivity contribution in [3.8, 4) is 0 Å². The second-order valence-electron chi connectivity index (χ2n) is 4.93. The molecule has 96 valence electrons. The van der Waals surface area contributed by atoms with Crippen molar-refractivity contribution in [3.63, 3.8) is 0 Å². The van der Waals surface area contributed by atoms with Gasteiger partial charge < -0.3 is 16.2 Å². The van der Waals surface area contributed by atoms with Crippen LogP contribution in [-0.4, -0.2) is 22.7 Å². The molecule has 5 heteroatoms. The number of hydrogen-bond donors (Lipinski definition) is 3. The Labute approximate surface area is 110 Å². The molecule has 1 aromatic heterocycles. The fraction of sp³-hybridized carbons (Fsp3) is 0.462. The van der Waals surface area contributed by atoms with Gasteiger partial charge in [-0.2, -0.15) is 0 Å². The maximum absolute atomic E-state index is 9.84. The summed E-state index contributed by atoms with van der Waals surface area (Å²) in [4.78, 5) is 4.45. The lowest BCUT2D eigenvalue weighted by molar-refractivity contribution is 0.164. The molecule has 1 aromatic carbocycles. The number of aliphatic hydroxyl groups excluding tert-OH is 1. The van der Waals surface area contributed by atoms with Crippen molar-refractivity contribution in [2.75, 3.05) is 17.6 Å². The largest absolute Gasteiger partial charge is 0.397 e. The first kappa shape index (κ1) is 11.7. The van der Waals surface area contributed by atoms with Gasteiger partial charge in [-0.15, -0.1) is 11.3 Å². The van der Waals surface area contributed by atoms with E-state index in [4.69, 9.17) is 5.73 Å². The number of benzene rings is 1. The normalized spacial score (nSPS) is 17.0. The molecule has 0 amide bonds. The maximum atomic E-state index is 9.84. The lowest BCUT2D eigenvalue weighted by Crippen LogP contribution is -2.21. The number of aliphatic hydroxyl groups is 1. The number of hydrogen-bond acceptors (Lipinski definition) is 5. The fourth-order valence-electron chi connectivity index (χ4n) is 2.12. The van der Waals surface area contributed by atoms with E-state index >= 15 is 0 Å². The molecule has 2 aromatic rings. The summed E-state index contributed by atoms with van der Waals surface area (Å²) in [6.45, 7) is 2.55. The van der Waals surface area contributed by atoms with Crippen molar-refractivity contribution in [2.24, 2.45) is 5.92 Å². The Morgan fingerprint density at radius 2 is 2.33 bits per heavy atom. The van der Waals surface area contributed by atoms with E-state index in [1.165, 1.54) is 0 Å². The summed E-state index contributed by atoms with van der Waals surface area (Å²) in [6, 6.07) is 3.92. The zero-order chi connectivity index (χ0) is 12.7. The molecule has 0 radical (unpaired) electrons. The van der Waals surface area contributed by atoms with Crippen LogP contribution in [0.1, 0.15) is 17.8 Å². The Hall–Kier alpha value is -1.33. The summed E-state index contributed by atoms with van der Waals surface area (Å²) >= 11 is 1.65. The smallest absolute Gasteiger partial charge is 0.0907 e. The van der Waals surface area contributed by atoms with E-state index in [1.807, 2.05) is 19.1 Å². The third-order valence-electron chi connectivity index (χ3n) is 3.33. The summed E-state index contributed by atoms with van der Waals surface area (Å²) in [6.07, 6.45) is 2.02. The summed E-state index contributed by atoms with van der Waals surface area (Å²) < 4.78 is 1.11. The molecule has 4 N–H and O–H groups in total. The van der Waals surface area contributed by atoms with E-state index in [0.29, 0.717) is 18.2 Å². The molecular weight excluding hydrogens is 246 g/mol. The van der Waals surface area contributed by atoms with Gasteiger partial charge in [0.1, 0.15) is 0 Å². The minimum atomic E-state index is -0.266. The van der Waals surface area contributed by atoms with Crippen molar-refractivity contribution >= 4 is 32.9 Å². The van der Waals surface area contributed by atoms with Crippen LogP contribution < -0.4 is 11.1 Å². The Balaban J connectivity index is 1.79. The first-order valence-electron chi connectivity index (χ1n) is 6.22. The van der Waals surface area contributed by atoms with E-state index in [0.717, 1.165) is 33.8 Å². The first-order chi connectivity index (χ1) is 8.63. The van der Waals surface area contributed by atoms with Crippen molar-refractivity contribution in [1.82, 2.24) is 4.98 Å². The van der Waals surface area contributed by atoms with Gasteiger partial charge in [0.05, 0.1) is 32.7 Å².